The molecule has 0 radical (unpaired) electrons. The van der Waals surface area contributed by atoms with E-state index >= 15 is 0 Å². The number of likely N-dealkylation sites (tertiary alicyclic amines) is 1. The van der Waals surface area contributed by atoms with Crippen LogP contribution < -0.4 is 0 Å². The van der Waals surface area contributed by atoms with Crippen molar-refractivity contribution in [1.82, 2.24) is 4.90 Å². The number of carboxylic acids is 1. The van der Waals surface area contributed by atoms with Crippen molar-refractivity contribution in [2.24, 2.45) is 0 Å². The molecule has 1 aliphatic rings. The average molecular weight is 320 g/mol. The van der Waals surface area contributed by atoms with Crippen molar-refractivity contribution in [3.05, 3.63) is 47.2 Å². The van der Waals surface area contributed by atoms with Crippen LogP contribution in [0.3, 0.4) is 0 Å². The number of halogens is 1. The fourth-order valence-corrected chi connectivity index (χ4v) is 2.90. The van der Waals surface area contributed by atoms with Crippen LogP contribution in [0.2, 0.25) is 5.02 Å². The van der Waals surface area contributed by atoms with E-state index in [1.165, 1.54) is 4.90 Å². The highest BCUT2D eigenvalue weighted by atomic mass is 35.5. The van der Waals surface area contributed by atoms with Crippen LogP contribution in [0.1, 0.15) is 23.4 Å². The minimum Gasteiger partial charge on any atom is -0.480 e. The Morgan fingerprint density at radius 1 is 1.23 bits per heavy atom. The normalized spacial score (nSPS) is 17.7. The number of furan rings is 1. The van der Waals surface area contributed by atoms with E-state index in [9.17, 15) is 9.59 Å². The first-order valence-corrected chi connectivity index (χ1v) is 7.34. The molecule has 5 nitrogen and oxygen atoms in total. The number of hydrogen-bond acceptors (Lipinski definition) is 3. The zero-order valence-corrected chi connectivity index (χ0v) is 12.4. The van der Waals surface area contributed by atoms with Crippen LogP contribution in [-0.4, -0.2) is 34.5 Å². The number of nitrogens with zero attached hydrogens (tertiary/aromatic N) is 1. The molecule has 114 valence electrons. The lowest BCUT2D eigenvalue weighted by atomic mass is 10.2. The lowest BCUT2D eigenvalue weighted by Crippen LogP contribution is -2.40. The Bertz CT molecular complexity index is 724. The molecule has 0 aliphatic carbocycles. The number of rotatable bonds is 3. The molecule has 0 unspecified atom stereocenters. The number of amides is 1. The van der Waals surface area contributed by atoms with Crippen LogP contribution in [0.5, 0.6) is 0 Å². The van der Waals surface area contributed by atoms with Gasteiger partial charge < -0.3 is 14.4 Å². The maximum absolute atomic E-state index is 12.4. The van der Waals surface area contributed by atoms with Gasteiger partial charge in [0.1, 0.15) is 11.8 Å². The van der Waals surface area contributed by atoms with Gasteiger partial charge in [0, 0.05) is 12.1 Å². The zero-order valence-electron chi connectivity index (χ0n) is 11.7. The Balaban J connectivity index is 1.86. The van der Waals surface area contributed by atoms with E-state index in [4.69, 9.17) is 21.1 Å². The molecule has 22 heavy (non-hydrogen) atoms. The van der Waals surface area contributed by atoms with E-state index in [1.54, 1.807) is 24.3 Å². The van der Waals surface area contributed by atoms with E-state index in [0.29, 0.717) is 35.7 Å². The summed E-state index contributed by atoms with van der Waals surface area (Å²) < 4.78 is 5.58. The van der Waals surface area contributed by atoms with Crippen molar-refractivity contribution < 1.29 is 19.1 Å². The quantitative estimate of drug-likeness (QED) is 0.942. The molecule has 1 aromatic carbocycles. The number of carbonyl (C=O) groups is 2. The fourth-order valence-electron chi connectivity index (χ4n) is 2.67. The molecule has 6 heteroatoms. The highest BCUT2D eigenvalue weighted by molar-refractivity contribution is 6.33. The van der Waals surface area contributed by atoms with E-state index in [0.717, 1.165) is 0 Å². The molecule has 1 atom stereocenters. The topological polar surface area (TPSA) is 70.8 Å². The maximum Gasteiger partial charge on any atom is 0.326 e. The standard InChI is InChI=1S/C16H14ClNO4/c17-11-5-2-1-4-10(11)13-7-8-14(22-13)15(19)18-9-3-6-12(18)16(20)21/h1-2,4-5,7-8,12H,3,6,9H2,(H,20,21)/t12-/m0/s1. The zero-order chi connectivity index (χ0) is 15.7. The number of aliphatic carboxylic acids is 1. The van der Waals surface area contributed by atoms with Crippen molar-refractivity contribution in [1.29, 1.82) is 0 Å². The van der Waals surface area contributed by atoms with E-state index in [1.807, 2.05) is 12.1 Å². The molecular formula is C16H14ClNO4. The van der Waals surface area contributed by atoms with E-state index in [2.05, 4.69) is 0 Å². The number of carbonyl (C=O) groups excluding carboxylic acids is 1. The lowest BCUT2D eigenvalue weighted by Gasteiger charge is -2.19. The molecule has 2 aromatic rings. The SMILES string of the molecule is O=C(O)[C@@H]1CCCN1C(=O)c1ccc(-c2ccccc2Cl)o1. The van der Waals surface area contributed by atoms with Crippen molar-refractivity contribution in [3.8, 4) is 11.3 Å². The summed E-state index contributed by atoms with van der Waals surface area (Å²) in [4.78, 5) is 24.9. The molecule has 2 heterocycles. The van der Waals surface area contributed by atoms with Crippen LogP contribution in [0.25, 0.3) is 11.3 Å². The van der Waals surface area contributed by atoms with Crippen LogP contribution in [-0.2, 0) is 4.79 Å². The van der Waals surface area contributed by atoms with Gasteiger partial charge in [-0.1, -0.05) is 23.7 Å². The largest absolute Gasteiger partial charge is 0.480 e. The second-order valence-electron chi connectivity index (χ2n) is 5.14. The molecule has 0 bridgehead atoms. The van der Waals surface area contributed by atoms with Crippen molar-refractivity contribution >= 4 is 23.5 Å². The Kier molecular flexibility index (Phi) is 3.90. The maximum atomic E-state index is 12.4. The smallest absolute Gasteiger partial charge is 0.326 e. The third-order valence-electron chi connectivity index (χ3n) is 3.75. The van der Waals surface area contributed by atoms with Crippen molar-refractivity contribution in [2.45, 2.75) is 18.9 Å². The third kappa shape index (κ3) is 2.60. The molecule has 0 spiro atoms. The van der Waals surface area contributed by atoms with Crippen LogP contribution in [0, 0.1) is 0 Å². The Morgan fingerprint density at radius 3 is 2.73 bits per heavy atom. The molecule has 0 saturated carbocycles. The summed E-state index contributed by atoms with van der Waals surface area (Å²) in [6.07, 6.45) is 1.15. The second-order valence-corrected chi connectivity index (χ2v) is 5.55. The van der Waals surface area contributed by atoms with E-state index in [-0.39, 0.29) is 5.76 Å². The van der Waals surface area contributed by atoms with Gasteiger partial charge >= 0.3 is 5.97 Å². The Morgan fingerprint density at radius 2 is 2.00 bits per heavy atom. The van der Waals surface area contributed by atoms with Gasteiger partial charge in [0.2, 0.25) is 0 Å². The third-order valence-corrected chi connectivity index (χ3v) is 4.08. The van der Waals surface area contributed by atoms with Gasteiger partial charge in [0.05, 0.1) is 5.02 Å². The van der Waals surface area contributed by atoms with Crippen LogP contribution in [0.15, 0.2) is 40.8 Å². The summed E-state index contributed by atoms with van der Waals surface area (Å²) in [5, 5.41) is 9.69. The molecule has 1 aromatic heterocycles. The van der Waals surface area contributed by atoms with Crippen LogP contribution in [0.4, 0.5) is 0 Å². The van der Waals surface area contributed by atoms with Gasteiger partial charge in [0.15, 0.2) is 5.76 Å². The first-order chi connectivity index (χ1) is 10.6. The molecule has 3 rings (SSSR count). The summed E-state index contributed by atoms with van der Waals surface area (Å²) in [6, 6.07) is 9.61. The van der Waals surface area contributed by atoms with Gasteiger partial charge in [-0.15, -0.1) is 0 Å². The summed E-state index contributed by atoms with van der Waals surface area (Å²) in [5.41, 5.74) is 0.694. The van der Waals surface area contributed by atoms with Crippen molar-refractivity contribution in [3.63, 3.8) is 0 Å². The molecule has 1 amide bonds. The van der Waals surface area contributed by atoms with Gasteiger partial charge in [-0.25, -0.2) is 4.79 Å². The first kappa shape index (κ1) is 14.7. The minimum atomic E-state index is -0.983. The van der Waals surface area contributed by atoms with Crippen molar-refractivity contribution in [2.75, 3.05) is 6.54 Å². The first-order valence-electron chi connectivity index (χ1n) is 6.96. The van der Waals surface area contributed by atoms with Gasteiger partial charge in [-0.2, -0.15) is 0 Å². The molecular weight excluding hydrogens is 306 g/mol. The highest BCUT2D eigenvalue weighted by Crippen LogP contribution is 2.30. The number of benzene rings is 1. The summed E-state index contributed by atoms with van der Waals surface area (Å²) in [5.74, 6) is -0.768. The van der Waals surface area contributed by atoms with Gasteiger partial charge in [-0.3, -0.25) is 4.79 Å². The summed E-state index contributed by atoms with van der Waals surface area (Å²) in [6.45, 7) is 0.428. The van der Waals surface area contributed by atoms with E-state index < -0.39 is 17.9 Å². The number of hydrogen-bond donors (Lipinski definition) is 1. The molecule has 1 N–H and O–H groups in total. The summed E-state index contributed by atoms with van der Waals surface area (Å²) >= 11 is 6.11. The average Bonchev–Trinajstić information content (AvgIpc) is 3.16. The fraction of sp³-hybridized carbons (Fsp3) is 0.250. The summed E-state index contributed by atoms with van der Waals surface area (Å²) in [7, 11) is 0. The molecule has 1 aliphatic heterocycles. The Hall–Kier alpha value is -2.27. The van der Waals surface area contributed by atoms with Gasteiger partial charge in [0.25, 0.3) is 5.91 Å². The monoisotopic (exact) mass is 319 g/mol. The molecule has 1 fully saturated rings. The lowest BCUT2D eigenvalue weighted by molar-refractivity contribution is -0.141. The second kappa shape index (κ2) is 5.85. The predicted octanol–water partition coefficient (Wildman–Crippen LogP) is 3.29. The number of carboxylic acid groups (broad SMARTS) is 1. The minimum absolute atomic E-state index is 0.128. The Labute approximate surface area is 132 Å². The highest BCUT2D eigenvalue weighted by Gasteiger charge is 2.35. The van der Waals surface area contributed by atoms with Gasteiger partial charge in [-0.05, 0) is 37.1 Å². The predicted molar refractivity (Wildman–Crippen MR) is 80.8 cm³/mol. The molecule has 1 saturated heterocycles. The van der Waals surface area contributed by atoms with Crippen LogP contribution >= 0.6 is 11.6 Å².